The first-order valence-electron chi connectivity index (χ1n) is 9.95. The first-order chi connectivity index (χ1) is 13.9. The van der Waals surface area contributed by atoms with Gasteiger partial charge in [0.2, 0.25) is 10.0 Å². The summed E-state index contributed by atoms with van der Waals surface area (Å²) in [6, 6.07) is 12.0. The Balaban J connectivity index is 1.49. The van der Waals surface area contributed by atoms with Crippen LogP contribution in [0.4, 0.5) is 0 Å². The van der Waals surface area contributed by atoms with E-state index < -0.39 is 10.0 Å². The average Bonchev–Trinajstić information content (AvgIpc) is 3.16. The number of rotatable bonds is 9. The predicted octanol–water partition coefficient (Wildman–Crippen LogP) is 4.52. The predicted molar refractivity (Wildman–Crippen MR) is 114 cm³/mol. The summed E-state index contributed by atoms with van der Waals surface area (Å²) in [6.07, 6.45) is 4.82. The van der Waals surface area contributed by atoms with Crippen LogP contribution in [-0.2, 0) is 27.7 Å². The Morgan fingerprint density at radius 3 is 2.72 bits per heavy atom. The zero-order valence-electron chi connectivity index (χ0n) is 16.5. The second kappa shape index (κ2) is 9.74. The molecule has 2 aromatic carbocycles. The molecule has 0 fully saturated rings. The van der Waals surface area contributed by atoms with Crippen molar-refractivity contribution in [3.8, 4) is 5.75 Å². The standard InChI is InChI=1S/C22H26ClNO4S/c1-2-16(15-24-29(26,27)21-8-4-7-19(23)14-21)9-12-22(25)28-20-11-10-17-5-3-6-18(17)13-20/h4,7-8,10-11,13-14,16,24H,2-3,5-6,9,12,15H2,1H3. The number of hydrogen-bond acceptors (Lipinski definition) is 4. The number of aryl methyl sites for hydroxylation is 2. The van der Waals surface area contributed by atoms with Gasteiger partial charge in [-0.1, -0.05) is 37.1 Å². The molecule has 0 heterocycles. The lowest BCUT2D eigenvalue weighted by atomic mass is 10.0. The summed E-state index contributed by atoms with van der Waals surface area (Å²) >= 11 is 5.88. The maximum atomic E-state index is 12.4. The topological polar surface area (TPSA) is 72.5 Å². The molecule has 0 bridgehead atoms. The second-order valence-corrected chi connectivity index (χ2v) is 9.58. The SMILES string of the molecule is CCC(CCC(=O)Oc1ccc2c(c1)CCC2)CNS(=O)(=O)c1cccc(Cl)c1. The Bertz CT molecular complexity index is 975. The summed E-state index contributed by atoms with van der Waals surface area (Å²) < 4.78 is 32.9. The van der Waals surface area contributed by atoms with Crippen molar-refractivity contribution in [2.24, 2.45) is 5.92 Å². The molecule has 5 nitrogen and oxygen atoms in total. The molecule has 156 valence electrons. The number of fused-ring (bicyclic) bond motifs is 1. The third-order valence-electron chi connectivity index (χ3n) is 5.30. The molecule has 0 saturated heterocycles. The van der Waals surface area contributed by atoms with Crippen LogP contribution in [0.2, 0.25) is 5.02 Å². The molecule has 0 radical (unpaired) electrons. The largest absolute Gasteiger partial charge is 0.427 e. The molecular formula is C22H26ClNO4S. The number of halogens is 1. The van der Waals surface area contributed by atoms with Gasteiger partial charge in [-0.05, 0) is 73.1 Å². The first-order valence-corrected chi connectivity index (χ1v) is 11.8. The van der Waals surface area contributed by atoms with Gasteiger partial charge in [-0.15, -0.1) is 0 Å². The van der Waals surface area contributed by atoms with Gasteiger partial charge in [-0.2, -0.15) is 0 Å². The summed E-state index contributed by atoms with van der Waals surface area (Å²) in [5, 5.41) is 0.370. The fraction of sp³-hybridized carbons (Fsp3) is 0.409. The van der Waals surface area contributed by atoms with E-state index in [9.17, 15) is 13.2 Å². The fourth-order valence-corrected chi connectivity index (χ4v) is 4.93. The average molecular weight is 436 g/mol. The molecule has 1 unspecified atom stereocenters. The van der Waals surface area contributed by atoms with Gasteiger partial charge >= 0.3 is 5.97 Å². The van der Waals surface area contributed by atoms with Crippen molar-refractivity contribution in [2.75, 3.05) is 6.54 Å². The van der Waals surface area contributed by atoms with E-state index in [4.69, 9.17) is 16.3 Å². The fourth-order valence-electron chi connectivity index (χ4n) is 3.51. The van der Waals surface area contributed by atoms with Crippen LogP contribution < -0.4 is 9.46 Å². The molecule has 3 rings (SSSR count). The van der Waals surface area contributed by atoms with E-state index in [-0.39, 0.29) is 29.7 Å². The van der Waals surface area contributed by atoms with Gasteiger partial charge in [0.05, 0.1) is 4.90 Å². The summed E-state index contributed by atoms with van der Waals surface area (Å²) in [4.78, 5) is 12.4. The molecule has 0 amide bonds. The third-order valence-corrected chi connectivity index (χ3v) is 6.96. The minimum absolute atomic E-state index is 0.0385. The smallest absolute Gasteiger partial charge is 0.311 e. The Kier molecular flexibility index (Phi) is 7.33. The van der Waals surface area contributed by atoms with Crippen molar-refractivity contribution in [1.82, 2.24) is 4.72 Å². The van der Waals surface area contributed by atoms with Crippen LogP contribution in [0.1, 0.15) is 43.7 Å². The van der Waals surface area contributed by atoms with Crippen LogP contribution >= 0.6 is 11.6 Å². The molecule has 1 aliphatic carbocycles. The van der Waals surface area contributed by atoms with Crippen LogP contribution in [0.5, 0.6) is 5.75 Å². The van der Waals surface area contributed by atoms with Gasteiger partial charge in [0.15, 0.2) is 0 Å². The van der Waals surface area contributed by atoms with Crippen molar-refractivity contribution in [3.05, 3.63) is 58.6 Å². The highest BCUT2D eigenvalue weighted by atomic mass is 35.5. The Morgan fingerprint density at radius 2 is 1.97 bits per heavy atom. The monoisotopic (exact) mass is 435 g/mol. The van der Waals surface area contributed by atoms with Crippen molar-refractivity contribution < 1.29 is 17.9 Å². The van der Waals surface area contributed by atoms with Crippen molar-refractivity contribution in [3.63, 3.8) is 0 Å². The van der Waals surface area contributed by atoms with Crippen LogP contribution in [0.15, 0.2) is 47.4 Å². The summed E-state index contributed by atoms with van der Waals surface area (Å²) in [6.45, 7) is 2.24. The maximum absolute atomic E-state index is 12.4. The minimum atomic E-state index is -3.63. The van der Waals surface area contributed by atoms with E-state index >= 15 is 0 Å². The van der Waals surface area contributed by atoms with Gasteiger partial charge < -0.3 is 4.74 Å². The highest BCUT2D eigenvalue weighted by Crippen LogP contribution is 2.26. The molecule has 29 heavy (non-hydrogen) atoms. The van der Waals surface area contributed by atoms with E-state index in [1.54, 1.807) is 12.1 Å². The molecule has 1 N–H and O–H groups in total. The van der Waals surface area contributed by atoms with E-state index in [2.05, 4.69) is 4.72 Å². The highest BCUT2D eigenvalue weighted by molar-refractivity contribution is 7.89. The molecular weight excluding hydrogens is 410 g/mol. The molecule has 0 spiro atoms. The molecule has 0 aliphatic heterocycles. The lowest BCUT2D eigenvalue weighted by molar-refractivity contribution is -0.134. The second-order valence-electron chi connectivity index (χ2n) is 7.38. The Labute approximate surface area is 177 Å². The van der Waals surface area contributed by atoms with E-state index in [1.165, 1.54) is 23.3 Å². The zero-order valence-corrected chi connectivity index (χ0v) is 18.1. The van der Waals surface area contributed by atoms with Crippen LogP contribution in [0, 0.1) is 5.92 Å². The highest BCUT2D eigenvalue weighted by Gasteiger charge is 2.18. The number of nitrogens with one attached hydrogen (secondary N) is 1. The maximum Gasteiger partial charge on any atom is 0.311 e. The molecule has 0 saturated carbocycles. The number of ether oxygens (including phenoxy) is 1. The first kappa shape index (κ1) is 21.8. The number of carbonyl (C=O) groups is 1. The summed E-state index contributed by atoms with van der Waals surface area (Å²) in [5.74, 6) is 0.334. The van der Waals surface area contributed by atoms with Crippen LogP contribution in [0.25, 0.3) is 0 Å². The molecule has 1 aliphatic rings. The zero-order chi connectivity index (χ0) is 20.9. The molecule has 2 aromatic rings. The van der Waals surface area contributed by atoms with Crippen LogP contribution in [-0.4, -0.2) is 20.9 Å². The van der Waals surface area contributed by atoms with Gasteiger partial charge in [0.25, 0.3) is 0 Å². The van der Waals surface area contributed by atoms with E-state index in [0.29, 0.717) is 17.2 Å². The molecule has 7 heteroatoms. The number of esters is 1. The van der Waals surface area contributed by atoms with Crippen LogP contribution in [0.3, 0.4) is 0 Å². The lowest BCUT2D eigenvalue weighted by Crippen LogP contribution is -2.29. The third kappa shape index (κ3) is 6.04. The number of carbonyl (C=O) groups excluding carboxylic acids is 1. The quantitative estimate of drug-likeness (QED) is 0.464. The summed E-state index contributed by atoms with van der Waals surface area (Å²) in [7, 11) is -3.63. The van der Waals surface area contributed by atoms with Crippen molar-refractivity contribution in [1.29, 1.82) is 0 Å². The van der Waals surface area contributed by atoms with Gasteiger partial charge in [0.1, 0.15) is 5.75 Å². The van der Waals surface area contributed by atoms with Gasteiger partial charge in [-0.3, -0.25) is 4.79 Å². The molecule has 1 atom stereocenters. The minimum Gasteiger partial charge on any atom is -0.427 e. The lowest BCUT2D eigenvalue weighted by Gasteiger charge is -2.16. The van der Waals surface area contributed by atoms with E-state index in [0.717, 1.165) is 25.7 Å². The summed E-state index contributed by atoms with van der Waals surface area (Å²) in [5.41, 5.74) is 2.60. The number of hydrogen-bond donors (Lipinski definition) is 1. The Morgan fingerprint density at radius 1 is 1.17 bits per heavy atom. The number of sulfonamides is 1. The van der Waals surface area contributed by atoms with E-state index in [1.807, 2.05) is 25.1 Å². The Hall–Kier alpha value is -1.89. The normalized spacial score (nSPS) is 14.4. The van der Waals surface area contributed by atoms with Gasteiger partial charge in [-0.25, -0.2) is 13.1 Å². The van der Waals surface area contributed by atoms with Crippen molar-refractivity contribution in [2.45, 2.75) is 50.3 Å². The van der Waals surface area contributed by atoms with Gasteiger partial charge in [0, 0.05) is 18.0 Å². The van der Waals surface area contributed by atoms with Crippen molar-refractivity contribution >= 4 is 27.6 Å². The molecule has 0 aromatic heterocycles. The number of benzene rings is 2.